The Kier molecular flexibility index (Phi) is 7.51. The smallest absolute Gasteiger partial charge is 0.255 e. The normalized spacial score (nSPS) is 19.9. The third-order valence-electron chi connectivity index (χ3n) is 7.94. The predicted octanol–water partition coefficient (Wildman–Crippen LogP) is 4.07. The number of nitrogens with zero attached hydrogens (tertiary/aromatic N) is 2. The first-order valence-corrected chi connectivity index (χ1v) is 13.9. The van der Waals surface area contributed by atoms with Crippen molar-refractivity contribution in [1.82, 2.24) is 15.1 Å². The lowest BCUT2D eigenvalue weighted by molar-refractivity contribution is -0.136. The first-order chi connectivity index (χ1) is 19.5. The molecule has 6 rings (SSSR count). The van der Waals surface area contributed by atoms with Crippen LogP contribution >= 0.6 is 0 Å². The molecule has 3 aromatic rings. The van der Waals surface area contributed by atoms with Gasteiger partial charge in [-0.05, 0) is 54.7 Å². The van der Waals surface area contributed by atoms with E-state index < -0.39 is 11.9 Å². The fraction of sp³-hybridized carbons (Fsp3) is 0.344. The second-order valence-corrected chi connectivity index (χ2v) is 10.7. The van der Waals surface area contributed by atoms with Gasteiger partial charge < -0.3 is 14.4 Å². The first kappa shape index (κ1) is 26.1. The van der Waals surface area contributed by atoms with Gasteiger partial charge in [-0.3, -0.25) is 24.6 Å². The quantitative estimate of drug-likeness (QED) is 0.435. The lowest BCUT2D eigenvalue weighted by atomic mass is 10.0. The van der Waals surface area contributed by atoms with Crippen molar-refractivity contribution < 1.29 is 23.9 Å². The second-order valence-electron chi connectivity index (χ2n) is 10.7. The number of piperidine rings is 2. The number of rotatable bonds is 8. The maximum absolute atomic E-state index is 13.0. The minimum Gasteiger partial charge on any atom is -0.490 e. The topological polar surface area (TPSA) is 88.2 Å². The van der Waals surface area contributed by atoms with E-state index in [1.54, 1.807) is 17.0 Å². The van der Waals surface area contributed by atoms with Crippen molar-refractivity contribution in [2.24, 2.45) is 0 Å². The molecule has 8 nitrogen and oxygen atoms in total. The summed E-state index contributed by atoms with van der Waals surface area (Å²) in [5.74, 6) is 0.682. The summed E-state index contributed by atoms with van der Waals surface area (Å²) < 4.78 is 12.3. The molecule has 2 fully saturated rings. The predicted molar refractivity (Wildman–Crippen MR) is 149 cm³/mol. The van der Waals surface area contributed by atoms with Crippen molar-refractivity contribution in [1.29, 1.82) is 0 Å². The van der Waals surface area contributed by atoms with E-state index in [0.29, 0.717) is 30.9 Å². The Morgan fingerprint density at radius 3 is 2.33 bits per heavy atom. The molecule has 1 unspecified atom stereocenters. The van der Waals surface area contributed by atoms with Crippen LogP contribution in [0.3, 0.4) is 0 Å². The molecule has 40 heavy (non-hydrogen) atoms. The van der Waals surface area contributed by atoms with E-state index in [1.165, 1.54) is 5.56 Å². The van der Waals surface area contributed by atoms with Crippen molar-refractivity contribution in [2.45, 2.75) is 57.5 Å². The Hall–Kier alpha value is -4.17. The van der Waals surface area contributed by atoms with Gasteiger partial charge in [0.15, 0.2) is 0 Å². The van der Waals surface area contributed by atoms with Crippen LogP contribution in [0.2, 0.25) is 0 Å². The Bertz CT molecular complexity index is 1380. The Labute approximate surface area is 233 Å². The summed E-state index contributed by atoms with van der Waals surface area (Å²) in [4.78, 5) is 40.9. The van der Waals surface area contributed by atoms with E-state index >= 15 is 0 Å². The first-order valence-electron chi connectivity index (χ1n) is 13.9. The monoisotopic (exact) mass is 539 g/mol. The zero-order valence-corrected chi connectivity index (χ0v) is 22.4. The highest BCUT2D eigenvalue weighted by Gasteiger charge is 2.40. The number of amides is 3. The molecule has 0 radical (unpaired) electrons. The molecular weight excluding hydrogens is 506 g/mol. The van der Waals surface area contributed by atoms with Gasteiger partial charge in [0.1, 0.15) is 30.3 Å². The number of likely N-dealkylation sites (tertiary alicyclic amines) is 1. The van der Waals surface area contributed by atoms with Crippen LogP contribution in [0.15, 0.2) is 72.8 Å². The Morgan fingerprint density at radius 1 is 0.825 bits per heavy atom. The van der Waals surface area contributed by atoms with Crippen LogP contribution in [0, 0.1) is 0 Å². The number of nitrogens with one attached hydrogen (secondary N) is 1. The van der Waals surface area contributed by atoms with Gasteiger partial charge in [-0.2, -0.15) is 0 Å². The van der Waals surface area contributed by atoms with E-state index in [4.69, 9.17) is 9.47 Å². The van der Waals surface area contributed by atoms with Crippen LogP contribution in [-0.4, -0.2) is 52.8 Å². The summed E-state index contributed by atoms with van der Waals surface area (Å²) in [6.07, 6.45) is 2.88. The molecule has 1 N–H and O–H groups in total. The maximum atomic E-state index is 13.0. The molecule has 2 saturated heterocycles. The van der Waals surface area contributed by atoms with Gasteiger partial charge in [0.2, 0.25) is 11.8 Å². The lowest BCUT2D eigenvalue weighted by Crippen LogP contribution is -2.52. The number of hydrogen-bond donors (Lipinski definition) is 1. The molecule has 206 valence electrons. The van der Waals surface area contributed by atoms with Crippen LogP contribution in [0.4, 0.5) is 0 Å². The molecule has 0 aliphatic carbocycles. The summed E-state index contributed by atoms with van der Waals surface area (Å²) in [5, 5.41) is 2.34. The standard InChI is InChI=1S/C32H33N3O5/c36-30-14-13-28(31(37)33-30)35-20-27-26(32(35)38)7-4-8-29(27)39-21-23-11-9-22(10-12-23)19-34-17-15-25(16-18-34)40-24-5-2-1-3-6-24/h1-12,25,28H,13-21H2,(H,33,36,37). The van der Waals surface area contributed by atoms with Crippen molar-refractivity contribution in [3.05, 3.63) is 95.1 Å². The van der Waals surface area contributed by atoms with Gasteiger partial charge in [0.25, 0.3) is 5.91 Å². The van der Waals surface area contributed by atoms with E-state index in [-0.39, 0.29) is 24.3 Å². The average molecular weight is 540 g/mol. The van der Waals surface area contributed by atoms with Crippen LogP contribution in [-0.2, 0) is 29.3 Å². The zero-order valence-electron chi connectivity index (χ0n) is 22.4. The van der Waals surface area contributed by atoms with Crippen molar-refractivity contribution >= 4 is 17.7 Å². The molecule has 3 amide bonds. The van der Waals surface area contributed by atoms with Gasteiger partial charge >= 0.3 is 0 Å². The molecule has 3 aromatic carbocycles. The third kappa shape index (κ3) is 5.72. The van der Waals surface area contributed by atoms with Crippen LogP contribution in [0.1, 0.15) is 52.7 Å². The maximum Gasteiger partial charge on any atom is 0.255 e. The van der Waals surface area contributed by atoms with Gasteiger partial charge in [-0.15, -0.1) is 0 Å². The minimum atomic E-state index is -0.639. The van der Waals surface area contributed by atoms with Gasteiger partial charge in [-0.25, -0.2) is 0 Å². The highest BCUT2D eigenvalue weighted by Crippen LogP contribution is 2.34. The lowest BCUT2D eigenvalue weighted by Gasteiger charge is -2.32. The number of fused-ring (bicyclic) bond motifs is 1. The van der Waals surface area contributed by atoms with Crippen LogP contribution < -0.4 is 14.8 Å². The van der Waals surface area contributed by atoms with Crippen molar-refractivity contribution in [3.63, 3.8) is 0 Å². The zero-order chi connectivity index (χ0) is 27.5. The largest absolute Gasteiger partial charge is 0.490 e. The fourth-order valence-corrected chi connectivity index (χ4v) is 5.73. The summed E-state index contributed by atoms with van der Waals surface area (Å²) in [6, 6.07) is 23.3. The number of para-hydroxylation sites is 1. The van der Waals surface area contributed by atoms with Gasteiger partial charge in [-0.1, -0.05) is 48.5 Å². The number of carbonyl (C=O) groups excluding carboxylic acids is 3. The number of ether oxygens (including phenoxy) is 2. The van der Waals surface area contributed by atoms with Crippen LogP contribution in [0.5, 0.6) is 11.5 Å². The van der Waals surface area contributed by atoms with Gasteiger partial charge in [0, 0.05) is 37.2 Å². The highest BCUT2D eigenvalue weighted by molar-refractivity contribution is 6.05. The molecule has 1 atom stereocenters. The molecule has 3 aliphatic heterocycles. The summed E-state index contributed by atoms with van der Waals surface area (Å²) in [6.45, 7) is 3.60. The SMILES string of the molecule is O=C1CCC(N2Cc3c(OCc4ccc(CN5CCC(Oc6ccccc6)CC5)cc4)cccc3C2=O)C(=O)N1. The average Bonchev–Trinajstić information content (AvgIpc) is 3.31. The van der Waals surface area contributed by atoms with E-state index in [0.717, 1.165) is 49.4 Å². The van der Waals surface area contributed by atoms with E-state index in [2.05, 4.69) is 34.5 Å². The Balaban J connectivity index is 1.01. The minimum absolute atomic E-state index is 0.199. The van der Waals surface area contributed by atoms with E-state index in [1.807, 2.05) is 36.4 Å². The third-order valence-corrected chi connectivity index (χ3v) is 7.94. The van der Waals surface area contributed by atoms with Crippen molar-refractivity contribution in [2.75, 3.05) is 13.1 Å². The molecule has 3 heterocycles. The number of carbonyl (C=O) groups is 3. The van der Waals surface area contributed by atoms with Crippen molar-refractivity contribution in [3.8, 4) is 11.5 Å². The number of benzene rings is 3. The molecule has 0 bridgehead atoms. The number of imide groups is 1. The van der Waals surface area contributed by atoms with E-state index in [9.17, 15) is 14.4 Å². The molecular formula is C32H33N3O5. The number of hydrogen-bond acceptors (Lipinski definition) is 6. The molecule has 0 spiro atoms. The van der Waals surface area contributed by atoms with Gasteiger partial charge in [0.05, 0.1) is 6.54 Å². The molecule has 0 saturated carbocycles. The summed E-state index contributed by atoms with van der Waals surface area (Å²) in [5.41, 5.74) is 3.64. The fourth-order valence-electron chi connectivity index (χ4n) is 5.73. The molecule has 3 aliphatic rings. The Morgan fingerprint density at radius 2 is 1.57 bits per heavy atom. The van der Waals surface area contributed by atoms with Crippen LogP contribution in [0.25, 0.3) is 0 Å². The highest BCUT2D eigenvalue weighted by atomic mass is 16.5. The molecule has 8 heteroatoms. The second kappa shape index (κ2) is 11.5. The molecule has 0 aromatic heterocycles. The summed E-state index contributed by atoms with van der Waals surface area (Å²) >= 11 is 0. The summed E-state index contributed by atoms with van der Waals surface area (Å²) in [7, 11) is 0.